The number of benzene rings is 1. The molecule has 140 valence electrons. The normalized spacial score (nSPS) is 16.4. The zero-order chi connectivity index (χ0) is 18.5. The summed E-state index contributed by atoms with van der Waals surface area (Å²) in [4.78, 5) is 16.0. The van der Waals surface area contributed by atoms with E-state index in [1.165, 1.54) is 6.33 Å². The van der Waals surface area contributed by atoms with Crippen LogP contribution in [0.15, 0.2) is 47.5 Å². The van der Waals surface area contributed by atoms with E-state index in [0.29, 0.717) is 18.1 Å². The Hall–Kier alpha value is -3.20. The lowest BCUT2D eigenvalue weighted by molar-refractivity contribution is 0.0850. The van der Waals surface area contributed by atoms with Crippen molar-refractivity contribution in [3.63, 3.8) is 0 Å². The van der Waals surface area contributed by atoms with Crippen LogP contribution < -0.4 is 10.1 Å². The van der Waals surface area contributed by atoms with Gasteiger partial charge in [-0.25, -0.2) is 9.67 Å². The molecule has 1 saturated heterocycles. The number of aromatic nitrogens is 4. The third-order valence-electron chi connectivity index (χ3n) is 4.21. The first kappa shape index (κ1) is 17.2. The van der Waals surface area contributed by atoms with Crippen LogP contribution in [0.3, 0.4) is 0 Å². The molecule has 0 unspecified atom stereocenters. The van der Waals surface area contributed by atoms with E-state index in [0.717, 1.165) is 25.1 Å². The van der Waals surface area contributed by atoms with E-state index in [2.05, 4.69) is 20.6 Å². The second kappa shape index (κ2) is 8.00. The van der Waals surface area contributed by atoms with Gasteiger partial charge >= 0.3 is 0 Å². The minimum Gasteiger partial charge on any atom is -0.486 e. The van der Waals surface area contributed by atoms with E-state index < -0.39 is 0 Å². The third kappa shape index (κ3) is 4.32. The fourth-order valence-electron chi connectivity index (χ4n) is 2.78. The van der Waals surface area contributed by atoms with Gasteiger partial charge in [-0.2, -0.15) is 5.10 Å². The summed E-state index contributed by atoms with van der Waals surface area (Å²) in [5.74, 6) is 0.856. The zero-order valence-electron chi connectivity index (χ0n) is 14.6. The molecule has 1 fully saturated rings. The Morgan fingerprint density at radius 3 is 2.96 bits per heavy atom. The fraction of sp³-hybridized carbons (Fsp3) is 0.333. The highest BCUT2D eigenvalue weighted by Gasteiger charge is 2.18. The van der Waals surface area contributed by atoms with Crippen LogP contribution in [-0.4, -0.2) is 45.1 Å². The van der Waals surface area contributed by atoms with E-state index in [4.69, 9.17) is 14.0 Å². The first-order chi connectivity index (χ1) is 13.3. The smallest absolute Gasteiger partial charge is 0.273 e. The quantitative estimate of drug-likeness (QED) is 0.676. The molecule has 0 saturated carbocycles. The van der Waals surface area contributed by atoms with Gasteiger partial charge in [0.1, 0.15) is 25.0 Å². The van der Waals surface area contributed by atoms with Crippen LogP contribution in [0.1, 0.15) is 29.1 Å². The number of amides is 1. The van der Waals surface area contributed by atoms with Crippen LogP contribution in [0.4, 0.5) is 0 Å². The van der Waals surface area contributed by atoms with E-state index >= 15 is 0 Å². The summed E-state index contributed by atoms with van der Waals surface area (Å²) in [6.45, 7) is 1.41. The molecular formula is C18H19N5O4. The lowest BCUT2D eigenvalue weighted by Crippen LogP contribution is -2.31. The number of carbonyl (C=O) groups is 1. The predicted octanol–water partition coefficient (Wildman–Crippen LogP) is 1.74. The SMILES string of the molecule is O=C(NC[C@@H]1CCCO1)c1cc(COc2ccc(-n3cncn3)cc2)on1. The Balaban J connectivity index is 1.28. The molecule has 1 atom stereocenters. The molecule has 3 heterocycles. The van der Waals surface area contributed by atoms with Crippen molar-refractivity contribution in [2.75, 3.05) is 13.2 Å². The van der Waals surface area contributed by atoms with E-state index in [-0.39, 0.29) is 24.3 Å². The van der Waals surface area contributed by atoms with Gasteiger partial charge in [-0.3, -0.25) is 4.79 Å². The van der Waals surface area contributed by atoms with Crippen LogP contribution in [0.25, 0.3) is 5.69 Å². The number of rotatable bonds is 7. The van der Waals surface area contributed by atoms with Gasteiger partial charge < -0.3 is 19.3 Å². The number of nitrogens with one attached hydrogen (secondary N) is 1. The highest BCUT2D eigenvalue weighted by atomic mass is 16.5. The van der Waals surface area contributed by atoms with Gasteiger partial charge in [0, 0.05) is 19.2 Å². The summed E-state index contributed by atoms with van der Waals surface area (Å²) in [7, 11) is 0. The summed E-state index contributed by atoms with van der Waals surface area (Å²) < 4.78 is 18.0. The molecule has 3 aromatic rings. The average molecular weight is 369 g/mol. The number of nitrogens with zero attached hydrogens (tertiary/aromatic N) is 4. The van der Waals surface area contributed by atoms with Crippen LogP contribution in [0.5, 0.6) is 5.75 Å². The van der Waals surface area contributed by atoms with Crippen molar-refractivity contribution in [1.82, 2.24) is 25.2 Å². The van der Waals surface area contributed by atoms with Crippen LogP contribution in [-0.2, 0) is 11.3 Å². The van der Waals surface area contributed by atoms with E-state index in [9.17, 15) is 4.79 Å². The standard InChI is InChI=1S/C18H19N5O4/c24-18(20-9-15-2-1-7-25-15)17-8-16(27-22-17)10-26-14-5-3-13(4-6-14)23-12-19-11-21-23/h3-6,8,11-12,15H,1-2,7,9-10H2,(H,20,24)/t15-/m0/s1. The molecule has 2 aromatic heterocycles. The van der Waals surface area contributed by atoms with Crippen molar-refractivity contribution in [3.05, 3.63) is 54.4 Å². The molecule has 1 N–H and O–H groups in total. The average Bonchev–Trinajstić information content (AvgIpc) is 3.47. The van der Waals surface area contributed by atoms with Gasteiger partial charge in [0.05, 0.1) is 11.8 Å². The number of hydrogen-bond acceptors (Lipinski definition) is 7. The zero-order valence-corrected chi connectivity index (χ0v) is 14.6. The Kier molecular flexibility index (Phi) is 5.10. The van der Waals surface area contributed by atoms with Crippen molar-refractivity contribution in [2.24, 2.45) is 0 Å². The molecule has 0 bridgehead atoms. The minimum atomic E-state index is -0.280. The Bertz CT molecular complexity index is 870. The first-order valence-electron chi connectivity index (χ1n) is 8.71. The molecule has 4 rings (SSSR count). The fourth-order valence-corrected chi connectivity index (χ4v) is 2.78. The van der Waals surface area contributed by atoms with E-state index in [1.54, 1.807) is 17.1 Å². The van der Waals surface area contributed by atoms with Gasteiger partial charge in [-0.05, 0) is 37.1 Å². The minimum absolute atomic E-state index is 0.0872. The summed E-state index contributed by atoms with van der Waals surface area (Å²) in [5, 5.41) is 10.7. The molecule has 0 radical (unpaired) electrons. The molecule has 1 amide bonds. The van der Waals surface area contributed by atoms with Crippen LogP contribution in [0, 0.1) is 0 Å². The summed E-state index contributed by atoms with van der Waals surface area (Å²) in [6, 6.07) is 8.96. The van der Waals surface area contributed by atoms with Crippen molar-refractivity contribution in [2.45, 2.75) is 25.6 Å². The monoisotopic (exact) mass is 369 g/mol. The highest BCUT2D eigenvalue weighted by Crippen LogP contribution is 2.16. The van der Waals surface area contributed by atoms with Gasteiger partial charge in [-0.15, -0.1) is 0 Å². The molecule has 0 aliphatic carbocycles. The maximum Gasteiger partial charge on any atom is 0.273 e. The van der Waals surface area contributed by atoms with Gasteiger partial charge in [0.2, 0.25) is 0 Å². The van der Waals surface area contributed by atoms with Crippen molar-refractivity contribution in [1.29, 1.82) is 0 Å². The molecule has 1 aliphatic rings. The van der Waals surface area contributed by atoms with Crippen LogP contribution >= 0.6 is 0 Å². The third-order valence-corrected chi connectivity index (χ3v) is 4.21. The second-order valence-electron chi connectivity index (χ2n) is 6.15. The maximum absolute atomic E-state index is 12.1. The Labute approximate surface area is 155 Å². The summed E-state index contributed by atoms with van der Waals surface area (Å²) in [5.41, 5.74) is 1.11. The molecule has 0 spiro atoms. The predicted molar refractivity (Wildman–Crippen MR) is 93.5 cm³/mol. The van der Waals surface area contributed by atoms with Crippen molar-refractivity contribution >= 4 is 5.91 Å². The molecule has 9 nitrogen and oxygen atoms in total. The molecule has 1 aromatic carbocycles. The van der Waals surface area contributed by atoms with E-state index in [1.807, 2.05) is 24.3 Å². The van der Waals surface area contributed by atoms with Crippen LogP contribution in [0.2, 0.25) is 0 Å². The first-order valence-corrected chi connectivity index (χ1v) is 8.71. The second-order valence-corrected chi connectivity index (χ2v) is 6.15. The summed E-state index contributed by atoms with van der Waals surface area (Å²) in [6.07, 6.45) is 5.18. The molecule has 9 heteroatoms. The van der Waals surface area contributed by atoms with Gasteiger partial charge in [0.25, 0.3) is 5.91 Å². The van der Waals surface area contributed by atoms with Gasteiger partial charge in [-0.1, -0.05) is 5.16 Å². The number of carbonyl (C=O) groups excluding carboxylic acids is 1. The highest BCUT2D eigenvalue weighted by molar-refractivity contribution is 5.92. The molecule has 1 aliphatic heterocycles. The number of hydrogen-bond donors (Lipinski definition) is 1. The maximum atomic E-state index is 12.1. The summed E-state index contributed by atoms with van der Waals surface area (Å²) >= 11 is 0. The molecule has 27 heavy (non-hydrogen) atoms. The van der Waals surface area contributed by atoms with Gasteiger partial charge in [0.15, 0.2) is 11.5 Å². The topological polar surface area (TPSA) is 104 Å². The Morgan fingerprint density at radius 2 is 2.22 bits per heavy atom. The number of ether oxygens (including phenoxy) is 2. The van der Waals surface area contributed by atoms with Crippen molar-refractivity contribution in [3.8, 4) is 11.4 Å². The lowest BCUT2D eigenvalue weighted by Gasteiger charge is -2.09. The lowest BCUT2D eigenvalue weighted by atomic mass is 10.2. The largest absolute Gasteiger partial charge is 0.486 e. The van der Waals surface area contributed by atoms with Crippen molar-refractivity contribution < 1.29 is 18.8 Å². The molecular weight excluding hydrogens is 350 g/mol. The Morgan fingerprint density at radius 1 is 1.33 bits per heavy atom.